The molecule has 9 nitrogen and oxygen atoms in total. The van der Waals surface area contributed by atoms with Crippen molar-refractivity contribution in [2.75, 3.05) is 27.8 Å². The van der Waals surface area contributed by atoms with E-state index in [0.29, 0.717) is 25.2 Å². The van der Waals surface area contributed by atoms with Crippen molar-refractivity contribution >= 4 is 31.6 Å². The Kier molecular flexibility index (Phi) is 18.7. The average Bonchev–Trinajstić information content (AvgIpc) is 3.74. The fourth-order valence-corrected chi connectivity index (χ4v) is 6.96. The quantitative estimate of drug-likeness (QED) is 0.155. The molecule has 0 aromatic rings. The van der Waals surface area contributed by atoms with E-state index < -0.39 is 22.4 Å². The van der Waals surface area contributed by atoms with Gasteiger partial charge in [0.05, 0.1) is 14.2 Å². The zero-order chi connectivity index (χ0) is 33.7. The van der Waals surface area contributed by atoms with Crippen LogP contribution in [0.4, 0.5) is 0 Å². The van der Waals surface area contributed by atoms with Gasteiger partial charge in [0.15, 0.2) is 0 Å². The largest absolute Gasteiger partial charge is 0.469 e. The van der Waals surface area contributed by atoms with Gasteiger partial charge in [-0.3, -0.25) is 24.0 Å². The van der Waals surface area contributed by atoms with Crippen molar-refractivity contribution in [2.24, 2.45) is 22.7 Å². The zero-order valence-electron chi connectivity index (χ0n) is 30.2. The first-order valence-corrected chi connectivity index (χ1v) is 15.9. The van der Waals surface area contributed by atoms with Gasteiger partial charge in [-0.15, -0.1) is 0 Å². The second kappa shape index (κ2) is 18.7. The molecule has 2 aliphatic carbocycles. The van der Waals surface area contributed by atoms with Gasteiger partial charge in [0, 0.05) is 107 Å². The summed E-state index contributed by atoms with van der Waals surface area (Å²) in [6, 6.07) is 0. The van der Waals surface area contributed by atoms with Crippen LogP contribution in [-0.2, 0) is 98.9 Å². The predicted octanol–water partition coefficient (Wildman–Crippen LogP) is 5.37. The van der Waals surface area contributed by atoms with Gasteiger partial charge in [-0.1, -0.05) is 27.2 Å². The molecule has 2 heterocycles. The van der Waals surface area contributed by atoms with E-state index in [-0.39, 0.29) is 94.6 Å². The monoisotopic (exact) mass is 792 g/mol. The Labute approximate surface area is 329 Å². The Bertz CT molecular complexity index is 1110. The normalized spacial score (nSPS) is 29.7. The van der Waals surface area contributed by atoms with Gasteiger partial charge < -0.3 is 27.2 Å². The molecule has 0 aromatic carbocycles. The van der Waals surface area contributed by atoms with Crippen molar-refractivity contribution in [1.29, 1.82) is 0 Å². The Morgan fingerprint density at radius 3 is 2.11 bits per heavy atom. The molecule has 2 saturated carbocycles. The summed E-state index contributed by atoms with van der Waals surface area (Å²) in [5.41, 5.74) is -0.0196. The van der Waals surface area contributed by atoms with Crippen LogP contribution in [0, 0.1) is 35.5 Å². The van der Waals surface area contributed by atoms with E-state index in [4.69, 9.17) is 22.2 Å². The van der Waals surface area contributed by atoms with Crippen LogP contribution in [0.5, 0.6) is 0 Å². The third kappa shape index (κ3) is 9.97. The second-order valence-corrected chi connectivity index (χ2v) is 13.9. The molecule has 1 saturated heterocycles. The second-order valence-electron chi connectivity index (χ2n) is 13.9. The van der Waals surface area contributed by atoms with E-state index in [9.17, 15) is 19.2 Å². The first kappa shape index (κ1) is 45.9. The summed E-state index contributed by atoms with van der Waals surface area (Å²) in [5.74, 6) is -0.273. The van der Waals surface area contributed by atoms with Gasteiger partial charge in [-0.05, 0) is 65.4 Å². The van der Waals surface area contributed by atoms with Crippen LogP contribution in [0.25, 0.3) is 0 Å². The molecule has 4 radical (unpaired) electrons. The van der Waals surface area contributed by atoms with E-state index in [0.717, 1.165) is 49.8 Å². The smallest absolute Gasteiger partial charge is 0.309 e. The maximum absolute atomic E-state index is 12.6. The number of esters is 2. The van der Waals surface area contributed by atoms with Crippen LogP contribution in [0.1, 0.15) is 107 Å². The van der Waals surface area contributed by atoms with Crippen molar-refractivity contribution in [1.82, 2.24) is 9.96 Å². The fraction of sp³-hybridized carbons (Fsp3) is 0.765. The standard InChI is InChI=1S/C15H26NO4.C10H14BNO.C9H15O2.2Y/c1-7-15(13(18)16(5)19-6)10-8-9-11(15)12(17)20-14(2,3)4;1-6-4-10(11)8(3)7(2)9(13)12(10)5-6;1-3-9(8(10)11-2)6-4-5-7-9;;/h8,11H,7,9-10H2,1-6H3;6H,4-5H2,1-3H3;4H,3,5-7H2,1-2H3;;/q-1;;-1;;/t11?,15-;6?,10-;9-;;/m101../s1. The summed E-state index contributed by atoms with van der Waals surface area (Å²) >= 11 is 0. The molecule has 0 aromatic heterocycles. The number of carbonyl (C=O) groups excluding carboxylic acids is 4. The molecule has 12 heteroatoms. The van der Waals surface area contributed by atoms with Gasteiger partial charge in [0.2, 0.25) is 11.8 Å². The summed E-state index contributed by atoms with van der Waals surface area (Å²) in [5, 5.41) is 1.21. The Hall–Kier alpha value is -0.147. The van der Waals surface area contributed by atoms with Gasteiger partial charge in [0.25, 0.3) is 0 Å². The van der Waals surface area contributed by atoms with Crippen molar-refractivity contribution in [3.05, 3.63) is 24.0 Å². The van der Waals surface area contributed by atoms with E-state index in [2.05, 4.69) is 20.3 Å². The van der Waals surface area contributed by atoms with E-state index >= 15 is 0 Å². The van der Waals surface area contributed by atoms with Crippen LogP contribution in [0.3, 0.4) is 0 Å². The van der Waals surface area contributed by atoms with E-state index in [1.54, 1.807) is 7.05 Å². The van der Waals surface area contributed by atoms with Crippen LogP contribution < -0.4 is 0 Å². The number of amides is 2. The van der Waals surface area contributed by atoms with Crippen LogP contribution in [-0.4, -0.2) is 80.4 Å². The third-order valence-electron chi connectivity index (χ3n) is 9.96. The molecular weight excluding hydrogens is 737 g/mol. The minimum absolute atomic E-state index is 0. The van der Waals surface area contributed by atoms with Crippen LogP contribution in [0.2, 0.25) is 0 Å². The molecule has 0 bridgehead atoms. The SMILES string of the molecule is CC[C@@]1(C(=O)N(C)OC)C[CH-]CC1C(=O)OC(C)(C)C.CC[C@@]1(C(=O)OC)C[CH-]CC1.[B][C@@]12CC(C)CN1C(=O)C(C)=C2C.[Y].[Y]. The van der Waals surface area contributed by atoms with Crippen molar-refractivity contribution < 1.29 is 98.9 Å². The number of methoxy groups -OCH3 is 1. The van der Waals surface area contributed by atoms with Crippen molar-refractivity contribution in [3.8, 4) is 0 Å². The van der Waals surface area contributed by atoms with E-state index in [1.807, 2.05) is 52.9 Å². The molecule has 46 heavy (non-hydrogen) atoms. The zero-order valence-corrected chi connectivity index (χ0v) is 35.8. The number of fused-ring (bicyclic) bond motifs is 1. The summed E-state index contributed by atoms with van der Waals surface area (Å²) in [7, 11) is 10.7. The predicted molar refractivity (Wildman–Crippen MR) is 171 cm³/mol. The first-order valence-electron chi connectivity index (χ1n) is 15.9. The van der Waals surface area contributed by atoms with E-state index in [1.165, 1.54) is 19.3 Å². The number of hydrogen-bond donors (Lipinski definition) is 0. The van der Waals surface area contributed by atoms with Crippen LogP contribution in [0.15, 0.2) is 11.1 Å². The Morgan fingerprint density at radius 1 is 1.07 bits per heavy atom. The molecule has 2 unspecified atom stereocenters. The maximum Gasteiger partial charge on any atom is 0.309 e. The topological polar surface area (TPSA) is 102 Å². The van der Waals surface area contributed by atoms with Crippen molar-refractivity contribution in [3.63, 3.8) is 0 Å². The molecule has 0 N–H and O–H groups in total. The number of carbonyl (C=O) groups is 4. The van der Waals surface area contributed by atoms with Gasteiger partial charge >= 0.3 is 11.9 Å². The summed E-state index contributed by atoms with van der Waals surface area (Å²) in [6.45, 7) is 16.3. The maximum atomic E-state index is 12.6. The minimum atomic E-state index is -0.743. The van der Waals surface area contributed by atoms with Gasteiger partial charge in [-0.25, -0.2) is 5.06 Å². The average molecular weight is 792 g/mol. The van der Waals surface area contributed by atoms with Crippen molar-refractivity contribution in [2.45, 2.75) is 118 Å². The molecule has 4 rings (SSSR count). The Morgan fingerprint density at radius 2 is 1.67 bits per heavy atom. The fourth-order valence-electron chi connectivity index (χ4n) is 6.96. The first-order chi connectivity index (χ1) is 20.4. The molecule has 5 atom stereocenters. The number of nitrogens with zero attached hydrogens (tertiary/aromatic N) is 2. The van der Waals surface area contributed by atoms with Crippen LogP contribution >= 0.6 is 0 Å². The third-order valence-corrected chi connectivity index (χ3v) is 9.96. The minimum Gasteiger partial charge on any atom is -0.469 e. The molecule has 3 fully saturated rings. The summed E-state index contributed by atoms with van der Waals surface area (Å²) in [4.78, 5) is 54.9. The summed E-state index contributed by atoms with van der Waals surface area (Å²) in [6.07, 6.45) is 10.7. The molecular formula is C34H55BN2O7Y2-2. The van der Waals surface area contributed by atoms with Gasteiger partial charge in [0.1, 0.15) is 13.4 Å². The number of hydrogen-bond acceptors (Lipinski definition) is 7. The summed E-state index contributed by atoms with van der Waals surface area (Å²) < 4.78 is 10.2. The number of rotatable bonds is 6. The Balaban J connectivity index is 0.000000678. The molecule has 2 amide bonds. The molecule has 0 spiro atoms. The molecule has 254 valence electrons. The number of ether oxygens (including phenoxy) is 2. The molecule has 4 aliphatic rings. The molecule has 2 aliphatic heterocycles. The number of hydroxylamine groups is 2. The van der Waals surface area contributed by atoms with Gasteiger partial charge in [-0.2, -0.15) is 25.7 Å².